The van der Waals surface area contributed by atoms with Crippen molar-refractivity contribution in [2.45, 2.75) is 4.90 Å². The van der Waals surface area contributed by atoms with E-state index in [-0.39, 0.29) is 0 Å². The lowest BCUT2D eigenvalue weighted by Gasteiger charge is -2.01. The molecule has 4 heteroatoms. The molecule has 1 rings (SSSR count). The van der Waals surface area contributed by atoms with Crippen LogP contribution >= 0.6 is 11.8 Å². The number of thioether (sulfide) groups is 1. The Hall–Kier alpha value is -0.770. The second kappa shape index (κ2) is 3.41. The van der Waals surface area contributed by atoms with Gasteiger partial charge in [-0.1, -0.05) is 0 Å². The number of rotatable bonds is 2. The normalized spacial score (nSPS) is 9.40. The molecule has 10 heavy (non-hydrogen) atoms. The molecule has 1 N–H and O–H groups in total. The first-order valence-corrected chi connectivity index (χ1v) is 4.12. The molecule has 0 aliphatic rings. The van der Waals surface area contributed by atoms with Crippen LogP contribution in [0.2, 0.25) is 0 Å². The minimum absolute atomic E-state index is 0.891. The number of hydrogen-bond donors (Lipinski definition) is 1. The molecule has 1 aromatic heterocycles. The number of nitrogens with one attached hydrogen (secondary N) is 1. The van der Waals surface area contributed by atoms with E-state index in [0.717, 1.165) is 10.7 Å². The monoisotopic (exact) mass is 155 g/mol. The van der Waals surface area contributed by atoms with E-state index in [2.05, 4.69) is 15.3 Å². The van der Waals surface area contributed by atoms with Crippen molar-refractivity contribution in [1.82, 2.24) is 9.97 Å². The summed E-state index contributed by atoms with van der Waals surface area (Å²) >= 11 is 1.63. The summed E-state index contributed by atoms with van der Waals surface area (Å²) in [5.74, 6) is 0.891. The maximum Gasteiger partial charge on any atom is 0.142 e. The van der Waals surface area contributed by atoms with Gasteiger partial charge in [-0.2, -0.15) is 0 Å². The van der Waals surface area contributed by atoms with Crippen LogP contribution in [0.25, 0.3) is 0 Å². The van der Waals surface area contributed by atoms with Crippen LogP contribution in [0.3, 0.4) is 0 Å². The number of aromatic nitrogens is 2. The Labute approximate surface area is 64.3 Å². The molecular formula is C6H9N3S. The summed E-state index contributed by atoms with van der Waals surface area (Å²) in [5, 5.41) is 2.97. The Kier molecular flexibility index (Phi) is 2.50. The molecule has 0 fully saturated rings. The van der Waals surface area contributed by atoms with Crippen LogP contribution in [0.4, 0.5) is 5.82 Å². The number of hydrogen-bond acceptors (Lipinski definition) is 4. The molecule has 0 spiro atoms. The third-order valence-corrected chi connectivity index (χ3v) is 1.87. The van der Waals surface area contributed by atoms with Crippen LogP contribution in [0.1, 0.15) is 0 Å². The van der Waals surface area contributed by atoms with E-state index in [1.165, 1.54) is 6.33 Å². The van der Waals surface area contributed by atoms with Crippen LogP contribution < -0.4 is 5.32 Å². The van der Waals surface area contributed by atoms with Crippen LogP contribution in [0.5, 0.6) is 0 Å². The van der Waals surface area contributed by atoms with E-state index in [1.54, 1.807) is 18.0 Å². The van der Waals surface area contributed by atoms with E-state index in [0.29, 0.717) is 0 Å². The molecular weight excluding hydrogens is 146 g/mol. The smallest absolute Gasteiger partial charge is 0.142 e. The van der Waals surface area contributed by atoms with E-state index in [1.807, 2.05) is 13.3 Å². The molecule has 0 amide bonds. The molecule has 0 saturated carbocycles. The zero-order valence-corrected chi connectivity index (χ0v) is 6.77. The van der Waals surface area contributed by atoms with Crippen LogP contribution in [0.15, 0.2) is 17.4 Å². The summed E-state index contributed by atoms with van der Waals surface area (Å²) in [6, 6.07) is 0. The predicted octanol–water partition coefficient (Wildman–Crippen LogP) is 1.24. The van der Waals surface area contributed by atoms with Gasteiger partial charge >= 0.3 is 0 Å². The first-order valence-electron chi connectivity index (χ1n) is 2.90. The average Bonchev–Trinajstić information content (AvgIpc) is 2.04. The molecule has 1 heterocycles. The van der Waals surface area contributed by atoms with E-state index < -0.39 is 0 Å². The summed E-state index contributed by atoms with van der Waals surface area (Å²) in [6.45, 7) is 0. The maximum atomic E-state index is 4.02. The molecule has 54 valence electrons. The highest BCUT2D eigenvalue weighted by atomic mass is 32.2. The molecule has 0 unspecified atom stereocenters. The van der Waals surface area contributed by atoms with Gasteiger partial charge in [-0.3, -0.25) is 0 Å². The van der Waals surface area contributed by atoms with Crippen LogP contribution in [0, 0.1) is 0 Å². The fraction of sp³-hybridized carbons (Fsp3) is 0.333. The molecule has 1 aromatic rings. The Morgan fingerprint density at radius 3 is 2.90 bits per heavy atom. The second-order valence-corrected chi connectivity index (χ2v) is 2.54. The van der Waals surface area contributed by atoms with E-state index in [4.69, 9.17) is 0 Å². The summed E-state index contributed by atoms with van der Waals surface area (Å²) in [5.41, 5.74) is 0. The van der Waals surface area contributed by atoms with Crippen molar-refractivity contribution in [1.29, 1.82) is 0 Å². The van der Waals surface area contributed by atoms with Gasteiger partial charge in [0, 0.05) is 13.2 Å². The second-order valence-electron chi connectivity index (χ2n) is 1.69. The van der Waals surface area contributed by atoms with Gasteiger partial charge in [0.15, 0.2) is 0 Å². The minimum atomic E-state index is 0.891. The molecule has 0 radical (unpaired) electrons. The summed E-state index contributed by atoms with van der Waals surface area (Å²) < 4.78 is 0. The highest BCUT2D eigenvalue weighted by molar-refractivity contribution is 7.98. The van der Waals surface area contributed by atoms with Gasteiger partial charge in [0.05, 0.1) is 4.90 Å². The Bertz CT molecular complexity index is 191. The van der Waals surface area contributed by atoms with Crippen molar-refractivity contribution in [3.63, 3.8) is 0 Å². The van der Waals surface area contributed by atoms with Gasteiger partial charge in [-0.15, -0.1) is 11.8 Å². The highest BCUT2D eigenvalue weighted by Crippen LogP contribution is 2.19. The largest absolute Gasteiger partial charge is 0.372 e. The van der Waals surface area contributed by atoms with Gasteiger partial charge in [0.25, 0.3) is 0 Å². The van der Waals surface area contributed by atoms with Gasteiger partial charge in [0.2, 0.25) is 0 Å². The van der Waals surface area contributed by atoms with Gasteiger partial charge in [0.1, 0.15) is 12.1 Å². The third kappa shape index (κ3) is 1.39. The molecule has 0 saturated heterocycles. The fourth-order valence-corrected chi connectivity index (χ4v) is 1.17. The van der Waals surface area contributed by atoms with Crippen molar-refractivity contribution in [3.05, 3.63) is 12.5 Å². The van der Waals surface area contributed by atoms with E-state index >= 15 is 0 Å². The molecule has 0 atom stereocenters. The third-order valence-electron chi connectivity index (χ3n) is 1.14. The van der Waals surface area contributed by atoms with Gasteiger partial charge in [-0.25, -0.2) is 9.97 Å². The zero-order chi connectivity index (χ0) is 7.40. The zero-order valence-electron chi connectivity index (χ0n) is 5.96. The first-order chi connectivity index (χ1) is 4.88. The molecule has 0 aliphatic heterocycles. The van der Waals surface area contributed by atoms with Crippen molar-refractivity contribution in [2.75, 3.05) is 18.6 Å². The Balaban J connectivity index is 2.96. The highest BCUT2D eigenvalue weighted by Gasteiger charge is 1.97. The molecule has 0 aromatic carbocycles. The minimum Gasteiger partial charge on any atom is -0.372 e. The molecule has 0 bridgehead atoms. The predicted molar refractivity (Wildman–Crippen MR) is 43.4 cm³/mol. The fourth-order valence-electron chi connectivity index (χ4n) is 0.654. The van der Waals surface area contributed by atoms with E-state index in [9.17, 15) is 0 Å². The summed E-state index contributed by atoms with van der Waals surface area (Å²) in [6.07, 6.45) is 5.33. The van der Waals surface area contributed by atoms with Crippen LogP contribution in [-0.4, -0.2) is 23.3 Å². The summed E-state index contributed by atoms with van der Waals surface area (Å²) in [7, 11) is 1.85. The lowest BCUT2D eigenvalue weighted by atomic mass is 10.6. The molecule has 3 nitrogen and oxygen atoms in total. The Morgan fingerprint density at radius 1 is 1.60 bits per heavy atom. The number of anilines is 1. The topological polar surface area (TPSA) is 37.8 Å². The SMILES string of the molecule is CNc1ncncc1SC. The summed E-state index contributed by atoms with van der Waals surface area (Å²) in [4.78, 5) is 8.99. The van der Waals surface area contributed by atoms with Crippen molar-refractivity contribution < 1.29 is 0 Å². The van der Waals surface area contributed by atoms with Crippen molar-refractivity contribution in [2.24, 2.45) is 0 Å². The van der Waals surface area contributed by atoms with Gasteiger partial charge in [-0.05, 0) is 6.26 Å². The van der Waals surface area contributed by atoms with Gasteiger partial charge < -0.3 is 5.32 Å². The van der Waals surface area contributed by atoms with Crippen LogP contribution in [-0.2, 0) is 0 Å². The van der Waals surface area contributed by atoms with Crippen molar-refractivity contribution >= 4 is 17.6 Å². The number of nitrogens with zero attached hydrogens (tertiary/aromatic N) is 2. The lowest BCUT2D eigenvalue weighted by Crippen LogP contribution is -1.94. The first kappa shape index (κ1) is 7.34. The molecule has 0 aliphatic carbocycles. The standard InChI is InChI=1S/C6H9N3S/c1-7-6-5(10-2)3-8-4-9-6/h3-4H,1-2H3,(H,7,8,9). The maximum absolute atomic E-state index is 4.02. The quantitative estimate of drug-likeness (QED) is 0.652. The average molecular weight is 155 g/mol. The lowest BCUT2D eigenvalue weighted by molar-refractivity contribution is 1.09. The van der Waals surface area contributed by atoms with Crippen molar-refractivity contribution in [3.8, 4) is 0 Å². The Morgan fingerprint density at radius 2 is 2.40 bits per heavy atom.